The smallest absolute Gasteiger partial charge is 0.164 e. The molecular formula is C14H18FNO. The first kappa shape index (κ1) is 12.2. The maximum absolute atomic E-state index is 13.1. The van der Waals surface area contributed by atoms with Crippen LogP contribution in [0.15, 0.2) is 18.2 Å². The standard InChI is InChI=1S/C14H18FNO/c1-10-8-11(5-6-13(10)15)14(17)9-12-4-2-3-7-16-12/h5-6,8,12,16H,2-4,7,9H2,1H3. The lowest BCUT2D eigenvalue weighted by atomic mass is 9.96. The Hall–Kier alpha value is -1.22. The number of halogens is 1. The molecule has 0 saturated carbocycles. The van der Waals surface area contributed by atoms with Crippen molar-refractivity contribution in [1.29, 1.82) is 0 Å². The van der Waals surface area contributed by atoms with Gasteiger partial charge in [0.15, 0.2) is 5.78 Å². The molecule has 1 aliphatic rings. The molecule has 0 aromatic heterocycles. The Balaban J connectivity index is 2.01. The van der Waals surface area contributed by atoms with E-state index >= 15 is 0 Å². The number of carbonyl (C=O) groups is 1. The van der Waals surface area contributed by atoms with Crippen LogP contribution >= 0.6 is 0 Å². The van der Waals surface area contributed by atoms with Crippen LogP contribution in [0.4, 0.5) is 4.39 Å². The zero-order chi connectivity index (χ0) is 12.3. The molecule has 1 aliphatic heterocycles. The van der Waals surface area contributed by atoms with Gasteiger partial charge in [-0.25, -0.2) is 4.39 Å². The molecule has 1 atom stereocenters. The molecule has 1 unspecified atom stereocenters. The number of Topliss-reactive ketones (excluding diaryl/α,β-unsaturated/α-hetero) is 1. The van der Waals surface area contributed by atoms with Gasteiger partial charge < -0.3 is 5.32 Å². The number of aryl methyl sites for hydroxylation is 1. The van der Waals surface area contributed by atoms with Crippen molar-refractivity contribution in [3.8, 4) is 0 Å². The molecule has 1 saturated heterocycles. The van der Waals surface area contributed by atoms with Gasteiger partial charge in [-0.3, -0.25) is 4.79 Å². The van der Waals surface area contributed by atoms with Gasteiger partial charge in [0.25, 0.3) is 0 Å². The Labute approximate surface area is 101 Å². The van der Waals surface area contributed by atoms with Crippen molar-refractivity contribution in [3.63, 3.8) is 0 Å². The van der Waals surface area contributed by atoms with Crippen LogP contribution in [0.5, 0.6) is 0 Å². The quantitative estimate of drug-likeness (QED) is 0.816. The van der Waals surface area contributed by atoms with Gasteiger partial charge in [0.1, 0.15) is 5.82 Å². The number of hydrogen-bond donors (Lipinski definition) is 1. The highest BCUT2D eigenvalue weighted by molar-refractivity contribution is 5.96. The molecule has 2 nitrogen and oxygen atoms in total. The predicted molar refractivity (Wildman–Crippen MR) is 65.7 cm³/mol. The number of benzene rings is 1. The van der Waals surface area contributed by atoms with E-state index in [9.17, 15) is 9.18 Å². The van der Waals surface area contributed by atoms with Crippen molar-refractivity contribution in [2.75, 3.05) is 6.54 Å². The summed E-state index contributed by atoms with van der Waals surface area (Å²) >= 11 is 0. The van der Waals surface area contributed by atoms with Crippen LogP contribution in [-0.4, -0.2) is 18.4 Å². The molecule has 1 fully saturated rings. The first-order chi connectivity index (χ1) is 8.16. The fraction of sp³-hybridized carbons (Fsp3) is 0.500. The molecule has 1 N–H and O–H groups in total. The van der Waals surface area contributed by atoms with E-state index in [-0.39, 0.29) is 11.6 Å². The Morgan fingerprint density at radius 2 is 2.29 bits per heavy atom. The second-order valence-corrected chi connectivity index (χ2v) is 4.74. The summed E-state index contributed by atoms with van der Waals surface area (Å²) in [7, 11) is 0. The first-order valence-corrected chi connectivity index (χ1v) is 6.19. The molecule has 3 heteroatoms. The average molecular weight is 235 g/mol. The maximum Gasteiger partial charge on any atom is 0.164 e. The molecule has 2 rings (SSSR count). The number of rotatable bonds is 3. The van der Waals surface area contributed by atoms with Crippen LogP contribution < -0.4 is 5.32 Å². The van der Waals surface area contributed by atoms with Crippen LogP contribution in [-0.2, 0) is 0 Å². The third-order valence-corrected chi connectivity index (χ3v) is 3.32. The molecule has 1 aromatic carbocycles. The number of hydrogen-bond acceptors (Lipinski definition) is 2. The Kier molecular flexibility index (Phi) is 3.89. The normalized spacial score (nSPS) is 20.2. The van der Waals surface area contributed by atoms with Gasteiger partial charge in [-0.05, 0) is 50.1 Å². The summed E-state index contributed by atoms with van der Waals surface area (Å²) in [6, 6.07) is 4.88. The van der Waals surface area contributed by atoms with Gasteiger partial charge in [-0.1, -0.05) is 6.42 Å². The molecule has 0 amide bonds. The molecule has 0 radical (unpaired) electrons. The lowest BCUT2D eigenvalue weighted by Gasteiger charge is -2.22. The summed E-state index contributed by atoms with van der Waals surface area (Å²) in [6.07, 6.45) is 3.96. The van der Waals surface area contributed by atoms with Gasteiger partial charge in [-0.2, -0.15) is 0 Å². The second kappa shape index (κ2) is 5.41. The highest BCUT2D eigenvalue weighted by atomic mass is 19.1. The topological polar surface area (TPSA) is 29.1 Å². The predicted octanol–water partition coefficient (Wildman–Crippen LogP) is 2.85. The highest BCUT2D eigenvalue weighted by Gasteiger charge is 2.17. The minimum atomic E-state index is -0.252. The number of carbonyl (C=O) groups excluding carboxylic acids is 1. The zero-order valence-electron chi connectivity index (χ0n) is 10.1. The van der Waals surface area contributed by atoms with Crippen molar-refractivity contribution in [2.45, 2.75) is 38.6 Å². The summed E-state index contributed by atoms with van der Waals surface area (Å²) in [4.78, 5) is 12.0. The molecule has 0 bridgehead atoms. The van der Waals surface area contributed by atoms with E-state index in [0.29, 0.717) is 23.6 Å². The number of ketones is 1. The van der Waals surface area contributed by atoms with Crippen LogP contribution in [0, 0.1) is 12.7 Å². The van der Waals surface area contributed by atoms with Crippen LogP contribution in [0.3, 0.4) is 0 Å². The van der Waals surface area contributed by atoms with E-state index < -0.39 is 0 Å². The minimum absolute atomic E-state index is 0.104. The van der Waals surface area contributed by atoms with Gasteiger partial charge in [0.2, 0.25) is 0 Å². The van der Waals surface area contributed by atoms with Crippen LogP contribution in [0.1, 0.15) is 41.6 Å². The van der Waals surface area contributed by atoms with Crippen LogP contribution in [0.2, 0.25) is 0 Å². The third-order valence-electron chi connectivity index (χ3n) is 3.32. The van der Waals surface area contributed by atoms with E-state index in [4.69, 9.17) is 0 Å². The van der Waals surface area contributed by atoms with Gasteiger partial charge in [-0.15, -0.1) is 0 Å². The van der Waals surface area contributed by atoms with Gasteiger partial charge in [0.05, 0.1) is 0 Å². The fourth-order valence-electron chi connectivity index (χ4n) is 2.26. The highest BCUT2D eigenvalue weighted by Crippen LogP contribution is 2.15. The van der Waals surface area contributed by atoms with Crippen molar-refractivity contribution in [3.05, 3.63) is 35.1 Å². The van der Waals surface area contributed by atoms with Crippen molar-refractivity contribution in [1.82, 2.24) is 5.32 Å². The number of piperidine rings is 1. The molecule has 1 aromatic rings. The Bertz CT molecular complexity index is 411. The van der Waals surface area contributed by atoms with E-state index in [2.05, 4.69) is 5.32 Å². The third kappa shape index (κ3) is 3.13. The summed E-state index contributed by atoms with van der Waals surface area (Å²) in [5.74, 6) is -0.148. The SMILES string of the molecule is Cc1cc(C(=O)CC2CCCCN2)ccc1F. The Morgan fingerprint density at radius 1 is 1.47 bits per heavy atom. The van der Waals surface area contributed by atoms with Gasteiger partial charge >= 0.3 is 0 Å². The molecule has 0 spiro atoms. The summed E-state index contributed by atoms with van der Waals surface area (Å²) in [6.45, 7) is 2.69. The minimum Gasteiger partial charge on any atom is -0.314 e. The fourth-order valence-corrected chi connectivity index (χ4v) is 2.26. The summed E-state index contributed by atoms with van der Waals surface area (Å²) < 4.78 is 13.1. The maximum atomic E-state index is 13.1. The lowest BCUT2D eigenvalue weighted by Crippen LogP contribution is -2.35. The lowest BCUT2D eigenvalue weighted by molar-refractivity contribution is 0.0963. The molecule has 92 valence electrons. The van der Waals surface area contributed by atoms with E-state index in [1.54, 1.807) is 19.1 Å². The first-order valence-electron chi connectivity index (χ1n) is 6.19. The molecule has 0 aliphatic carbocycles. The summed E-state index contributed by atoms with van der Waals surface area (Å²) in [5, 5.41) is 3.35. The Morgan fingerprint density at radius 3 is 2.94 bits per heavy atom. The van der Waals surface area contributed by atoms with Crippen molar-refractivity contribution < 1.29 is 9.18 Å². The molecular weight excluding hydrogens is 217 g/mol. The van der Waals surface area contributed by atoms with Gasteiger partial charge in [0, 0.05) is 18.0 Å². The van der Waals surface area contributed by atoms with E-state index in [1.165, 1.54) is 18.9 Å². The molecule has 17 heavy (non-hydrogen) atoms. The average Bonchev–Trinajstić information content (AvgIpc) is 2.34. The largest absolute Gasteiger partial charge is 0.314 e. The van der Waals surface area contributed by atoms with Crippen molar-refractivity contribution in [2.24, 2.45) is 0 Å². The monoisotopic (exact) mass is 235 g/mol. The summed E-state index contributed by atoms with van der Waals surface area (Å²) in [5.41, 5.74) is 1.16. The number of nitrogens with one attached hydrogen (secondary N) is 1. The van der Waals surface area contributed by atoms with E-state index in [0.717, 1.165) is 13.0 Å². The van der Waals surface area contributed by atoms with E-state index in [1.807, 2.05) is 0 Å². The second-order valence-electron chi connectivity index (χ2n) is 4.74. The van der Waals surface area contributed by atoms with Crippen LogP contribution in [0.25, 0.3) is 0 Å². The zero-order valence-corrected chi connectivity index (χ0v) is 10.1. The molecule has 1 heterocycles. The van der Waals surface area contributed by atoms with Crippen molar-refractivity contribution >= 4 is 5.78 Å².